The topological polar surface area (TPSA) is 173 Å². The number of unbranched alkanes of at least 4 members (excludes halogenated alkanes) is 1. The van der Waals surface area contributed by atoms with E-state index in [1.165, 1.54) is 24.6 Å². The monoisotopic (exact) mass is 617 g/mol. The molecule has 1 heterocycles. The van der Waals surface area contributed by atoms with E-state index >= 15 is 0 Å². The number of carbonyl (C=O) groups is 3. The molecule has 44 heavy (non-hydrogen) atoms. The van der Waals surface area contributed by atoms with Crippen LogP contribution >= 0.6 is 0 Å². The van der Waals surface area contributed by atoms with Gasteiger partial charge in [-0.05, 0) is 61.7 Å². The molecule has 0 spiro atoms. The average Bonchev–Trinajstić information content (AvgIpc) is 3.43. The standard InChI is InChI=1S/C29H37F2N7O6/c1-19-8-4-5-9-22(19)26(39)43-14-7-6-12-33-28(41)44-15-13-38-25(35-36-37-38)24(34-27(40)29(2,3)32)18-42-17-20-10-11-21(30)16-23(20)31/h4-5,8-11,16,24H,6-7,12-15,17-18,32H2,1-3H3,(H,33,41)(H,34,40)/t24-/m1/s1. The van der Waals surface area contributed by atoms with Crippen molar-refractivity contribution in [2.75, 3.05) is 26.4 Å². The lowest BCUT2D eigenvalue weighted by atomic mass is 10.1. The maximum Gasteiger partial charge on any atom is 0.407 e. The normalized spacial score (nSPS) is 12.0. The summed E-state index contributed by atoms with van der Waals surface area (Å²) in [6.07, 6.45) is 0.457. The molecule has 0 saturated carbocycles. The summed E-state index contributed by atoms with van der Waals surface area (Å²) in [5, 5.41) is 16.8. The average molecular weight is 618 g/mol. The van der Waals surface area contributed by atoms with E-state index in [9.17, 15) is 23.2 Å². The quantitative estimate of drug-likeness (QED) is 0.160. The van der Waals surface area contributed by atoms with Crippen LogP contribution in [0.4, 0.5) is 13.6 Å². The van der Waals surface area contributed by atoms with Gasteiger partial charge >= 0.3 is 12.1 Å². The minimum atomic E-state index is -1.23. The fourth-order valence-electron chi connectivity index (χ4n) is 3.81. The van der Waals surface area contributed by atoms with Crippen molar-refractivity contribution >= 4 is 18.0 Å². The molecule has 3 aromatic rings. The molecular formula is C29H37F2N7O6. The van der Waals surface area contributed by atoms with Crippen LogP contribution in [0.25, 0.3) is 0 Å². The number of nitrogens with zero attached hydrogens (tertiary/aromatic N) is 4. The number of amides is 2. The highest BCUT2D eigenvalue weighted by Crippen LogP contribution is 2.15. The number of nitrogens with two attached hydrogens (primary N) is 1. The van der Waals surface area contributed by atoms with Crippen molar-refractivity contribution in [1.29, 1.82) is 0 Å². The van der Waals surface area contributed by atoms with Crippen molar-refractivity contribution in [3.8, 4) is 0 Å². The number of halogens is 2. The van der Waals surface area contributed by atoms with E-state index in [1.54, 1.807) is 12.1 Å². The van der Waals surface area contributed by atoms with Gasteiger partial charge in [-0.25, -0.2) is 23.1 Å². The number of alkyl carbamates (subject to hydrolysis) is 1. The molecule has 2 aromatic carbocycles. The van der Waals surface area contributed by atoms with Crippen LogP contribution < -0.4 is 16.4 Å². The number of benzene rings is 2. The van der Waals surface area contributed by atoms with Crippen LogP contribution in [-0.2, 0) is 32.2 Å². The molecule has 0 aliphatic rings. The molecule has 2 amide bonds. The van der Waals surface area contributed by atoms with Crippen molar-refractivity contribution in [3.05, 3.63) is 76.6 Å². The van der Waals surface area contributed by atoms with E-state index in [-0.39, 0.29) is 50.3 Å². The molecule has 0 unspecified atom stereocenters. The van der Waals surface area contributed by atoms with Crippen LogP contribution in [0, 0.1) is 18.6 Å². The Kier molecular flexibility index (Phi) is 12.7. The van der Waals surface area contributed by atoms with E-state index in [1.807, 2.05) is 19.1 Å². The first-order chi connectivity index (χ1) is 21.0. The Bertz CT molecular complexity index is 1410. The zero-order valence-corrected chi connectivity index (χ0v) is 24.8. The number of aromatic nitrogens is 4. The molecule has 3 rings (SSSR count). The van der Waals surface area contributed by atoms with Gasteiger partial charge in [0.1, 0.15) is 24.3 Å². The van der Waals surface area contributed by atoms with E-state index in [0.717, 1.165) is 17.7 Å². The first-order valence-electron chi connectivity index (χ1n) is 14.0. The first kappa shape index (κ1) is 34.0. The van der Waals surface area contributed by atoms with Crippen molar-refractivity contribution in [1.82, 2.24) is 30.8 Å². The summed E-state index contributed by atoms with van der Waals surface area (Å²) in [6.45, 7) is 4.98. The van der Waals surface area contributed by atoms with Gasteiger partial charge in [-0.1, -0.05) is 24.3 Å². The number of esters is 1. The van der Waals surface area contributed by atoms with Crippen molar-refractivity contribution in [2.24, 2.45) is 5.73 Å². The Balaban J connectivity index is 1.43. The number of nitrogens with one attached hydrogen (secondary N) is 2. The maximum atomic E-state index is 14.0. The lowest BCUT2D eigenvalue weighted by Gasteiger charge is -2.23. The molecular weight excluding hydrogens is 580 g/mol. The largest absolute Gasteiger partial charge is 0.462 e. The van der Waals surface area contributed by atoms with Gasteiger partial charge < -0.3 is 30.6 Å². The van der Waals surface area contributed by atoms with E-state index in [4.69, 9.17) is 19.9 Å². The Morgan fingerprint density at radius 1 is 1.07 bits per heavy atom. The number of carbonyl (C=O) groups excluding carboxylic acids is 3. The fraction of sp³-hybridized carbons (Fsp3) is 0.448. The highest BCUT2D eigenvalue weighted by atomic mass is 19.1. The second kappa shape index (κ2) is 16.4. The lowest BCUT2D eigenvalue weighted by Crippen LogP contribution is -2.51. The van der Waals surface area contributed by atoms with E-state index in [2.05, 4.69) is 26.2 Å². The smallest absolute Gasteiger partial charge is 0.407 e. The second-order valence-corrected chi connectivity index (χ2v) is 10.5. The van der Waals surface area contributed by atoms with Crippen LogP contribution in [0.15, 0.2) is 42.5 Å². The van der Waals surface area contributed by atoms with Crippen molar-refractivity contribution in [2.45, 2.75) is 58.3 Å². The van der Waals surface area contributed by atoms with Gasteiger partial charge in [0.25, 0.3) is 0 Å². The molecule has 0 aliphatic heterocycles. The number of aryl methyl sites for hydroxylation is 1. The van der Waals surface area contributed by atoms with Gasteiger partial charge in [0.15, 0.2) is 5.82 Å². The highest BCUT2D eigenvalue weighted by Gasteiger charge is 2.28. The number of rotatable bonds is 16. The molecule has 0 radical (unpaired) electrons. The van der Waals surface area contributed by atoms with Crippen LogP contribution in [-0.4, -0.2) is 70.1 Å². The molecule has 0 saturated heterocycles. The Labute approximate surface area is 253 Å². The second-order valence-electron chi connectivity index (χ2n) is 10.5. The number of ether oxygens (including phenoxy) is 3. The zero-order valence-electron chi connectivity index (χ0n) is 24.8. The van der Waals surface area contributed by atoms with Gasteiger partial charge in [-0.15, -0.1) is 5.10 Å². The molecule has 238 valence electrons. The van der Waals surface area contributed by atoms with Crippen LogP contribution in [0.3, 0.4) is 0 Å². The summed E-state index contributed by atoms with van der Waals surface area (Å²) in [4.78, 5) is 36.9. The number of tetrazole rings is 1. The minimum absolute atomic E-state index is 0.0512. The molecule has 1 atom stereocenters. The van der Waals surface area contributed by atoms with Crippen molar-refractivity contribution in [3.63, 3.8) is 0 Å². The van der Waals surface area contributed by atoms with Gasteiger partial charge in [0.2, 0.25) is 5.91 Å². The Hall–Kier alpha value is -4.50. The third kappa shape index (κ3) is 10.6. The summed E-state index contributed by atoms with van der Waals surface area (Å²) in [6, 6.07) is 9.38. The van der Waals surface area contributed by atoms with Crippen LogP contribution in [0.5, 0.6) is 0 Å². The van der Waals surface area contributed by atoms with Crippen molar-refractivity contribution < 1.29 is 37.4 Å². The number of hydrogen-bond donors (Lipinski definition) is 3. The Morgan fingerprint density at radius 2 is 1.84 bits per heavy atom. The Morgan fingerprint density at radius 3 is 2.57 bits per heavy atom. The predicted molar refractivity (Wildman–Crippen MR) is 153 cm³/mol. The summed E-state index contributed by atoms with van der Waals surface area (Å²) < 4.78 is 44.6. The third-order valence-corrected chi connectivity index (χ3v) is 6.29. The van der Waals surface area contributed by atoms with E-state index < -0.39 is 35.2 Å². The fourth-order valence-corrected chi connectivity index (χ4v) is 3.81. The van der Waals surface area contributed by atoms with Gasteiger partial charge in [0.05, 0.1) is 37.5 Å². The summed E-state index contributed by atoms with van der Waals surface area (Å²) in [5.74, 6) is -2.20. The molecule has 0 aliphatic carbocycles. The van der Waals surface area contributed by atoms with Gasteiger partial charge in [-0.2, -0.15) is 0 Å². The number of hydrogen-bond acceptors (Lipinski definition) is 10. The zero-order chi connectivity index (χ0) is 32.1. The van der Waals surface area contributed by atoms with Crippen LogP contribution in [0.1, 0.15) is 60.0 Å². The molecule has 0 bridgehead atoms. The molecule has 0 fully saturated rings. The van der Waals surface area contributed by atoms with Gasteiger partial charge in [-0.3, -0.25) is 4.79 Å². The minimum Gasteiger partial charge on any atom is -0.462 e. The third-order valence-electron chi connectivity index (χ3n) is 6.29. The summed E-state index contributed by atoms with van der Waals surface area (Å²) in [7, 11) is 0. The lowest BCUT2D eigenvalue weighted by molar-refractivity contribution is -0.126. The molecule has 15 heteroatoms. The molecule has 4 N–H and O–H groups in total. The first-order valence-corrected chi connectivity index (χ1v) is 14.0. The molecule has 13 nitrogen and oxygen atoms in total. The summed E-state index contributed by atoms with van der Waals surface area (Å²) >= 11 is 0. The maximum absolute atomic E-state index is 14.0. The molecule has 1 aromatic heterocycles. The SMILES string of the molecule is Cc1ccccc1C(=O)OCCCCNC(=O)OCCn1nnnc1[C@@H](COCc1ccc(F)cc1F)NC(=O)C(C)(C)N. The predicted octanol–water partition coefficient (Wildman–Crippen LogP) is 2.73. The summed E-state index contributed by atoms with van der Waals surface area (Å²) in [5.41, 5.74) is 6.16. The van der Waals surface area contributed by atoms with Gasteiger partial charge in [0, 0.05) is 18.2 Å². The van der Waals surface area contributed by atoms with Crippen LogP contribution in [0.2, 0.25) is 0 Å². The highest BCUT2D eigenvalue weighted by molar-refractivity contribution is 5.90. The van der Waals surface area contributed by atoms with E-state index in [0.29, 0.717) is 24.9 Å².